The van der Waals surface area contributed by atoms with Gasteiger partial charge >= 0.3 is 0 Å². The summed E-state index contributed by atoms with van der Waals surface area (Å²) in [5.74, 6) is -0.703. The topological polar surface area (TPSA) is 82.8 Å². The fourth-order valence-corrected chi connectivity index (χ4v) is 3.89. The molecule has 1 aliphatic heterocycles. The van der Waals surface area contributed by atoms with E-state index in [1.807, 2.05) is 19.1 Å². The van der Waals surface area contributed by atoms with E-state index in [2.05, 4.69) is 32.7 Å². The second-order valence-corrected chi connectivity index (χ2v) is 8.08. The van der Waals surface area contributed by atoms with Gasteiger partial charge in [-0.2, -0.15) is 0 Å². The van der Waals surface area contributed by atoms with Gasteiger partial charge in [0, 0.05) is 31.7 Å². The van der Waals surface area contributed by atoms with Crippen molar-refractivity contribution in [2.45, 2.75) is 39.4 Å². The zero-order chi connectivity index (χ0) is 22.9. The van der Waals surface area contributed by atoms with Gasteiger partial charge in [0.05, 0.1) is 12.5 Å². The number of piperidine rings is 1. The summed E-state index contributed by atoms with van der Waals surface area (Å²) < 4.78 is 27.3. The van der Waals surface area contributed by atoms with Crippen LogP contribution in [0.2, 0.25) is 0 Å². The van der Waals surface area contributed by atoms with Crippen molar-refractivity contribution in [1.82, 2.24) is 15.5 Å². The first kappa shape index (κ1) is 27.0. The maximum absolute atomic E-state index is 13.9. The number of benzene rings is 2. The molecule has 0 radical (unpaired) electrons. The van der Waals surface area contributed by atoms with Crippen LogP contribution in [-0.2, 0) is 24.4 Å². The summed E-state index contributed by atoms with van der Waals surface area (Å²) >= 11 is 0. The number of carbonyl (C=O) groups is 1. The van der Waals surface area contributed by atoms with Crippen LogP contribution in [0.1, 0.15) is 36.5 Å². The smallest absolute Gasteiger partial charge is 0.221 e. The van der Waals surface area contributed by atoms with Gasteiger partial charge in [-0.15, -0.1) is 24.0 Å². The van der Waals surface area contributed by atoms with Crippen molar-refractivity contribution in [3.63, 3.8) is 0 Å². The standard InChI is InChI=1S/C24H31F2N5O.HI/c1-2-28-24(30-14-20-12-21(25)8-9-22(20)26)29-13-17-5-3-6-18(11-17)15-31-10-4-7-19(16-31)23(27)32;/h3,5-6,8-9,11-12,19H,2,4,7,10,13-16H2,1H3,(H2,27,32)(H2,28,29,30);1H. The van der Waals surface area contributed by atoms with Crippen molar-refractivity contribution >= 4 is 35.8 Å². The van der Waals surface area contributed by atoms with E-state index in [0.717, 1.165) is 49.2 Å². The van der Waals surface area contributed by atoms with E-state index < -0.39 is 11.6 Å². The molecule has 33 heavy (non-hydrogen) atoms. The van der Waals surface area contributed by atoms with E-state index in [4.69, 9.17) is 5.73 Å². The van der Waals surface area contributed by atoms with E-state index in [1.54, 1.807) is 0 Å². The highest BCUT2D eigenvalue weighted by molar-refractivity contribution is 14.0. The molecule has 2 aromatic rings. The number of hydrogen-bond donors (Lipinski definition) is 3. The zero-order valence-corrected chi connectivity index (χ0v) is 21.2. The lowest BCUT2D eigenvalue weighted by Gasteiger charge is -2.31. The number of hydrogen-bond acceptors (Lipinski definition) is 3. The average molecular weight is 571 g/mol. The second kappa shape index (κ2) is 13.4. The molecule has 0 saturated carbocycles. The minimum absolute atomic E-state index is 0. The van der Waals surface area contributed by atoms with Crippen molar-refractivity contribution in [1.29, 1.82) is 0 Å². The van der Waals surface area contributed by atoms with Gasteiger partial charge in [0.2, 0.25) is 5.91 Å². The average Bonchev–Trinajstić information content (AvgIpc) is 2.78. The highest BCUT2D eigenvalue weighted by Crippen LogP contribution is 2.19. The molecule has 9 heteroatoms. The molecule has 0 aliphatic carbocycles. The Morgan fingerprint density at radius 2 is 1.97 bits per heavy atom. The maximum Gasteiger partial charge on any atom is 0.221 e. The molecule has 0 spiro atoms. The van der Waals surface area contributed by atoms with Crippen molar-refractivity contribution in [3.8, 4) is 0 Å². The SMILES string of the molecule is CCNC(=NCc1cccc(CN2CCCC(C(N)=O)C2)c1)NCc1cc(F)ccc1F.I. The minimum Gasteiger partial charge on any atom is -0.369 e. The van der Waals surface area contributed by atoms with Crippen LogP contribution in [-0.4, -0.2) is 36.4 Å². The summed E-state index contributed by atoms with van der Waals surface area (Å²) in [5.41, 5.74) is 7.93. The molecule has 1 atom stereocenters. The van der Waals surface area contributed by atoms with Crippen LogP contribution < -0.4 is 16.4 Å². The molecule has 3 rings (SSSR count). The number of rotatable bonds is 8. The Kier molecular flexibility index (Phi) is 11.0. The molecular formula is C24H32F2IN5O. The molecule has 1 saturated heterocycles. The first-order chi connectivity index (χ1) is 15.4. The van der Waals surface area contributed by atoms with Crippen molar-refractivity contribution < 1.29 is 13.6 Å². The molecule has 1 aliphatic rings. The summed E-state index contributed by atoms with van der Waals surface area (Å²) in [6, 6.07) is 11.6. The van der Waals surface area contributed by atoms with E-state index in [0.29, 0.717) is 25.6 Å². The van der Waals surface area contributed by atoms with Gasteiger partial charge in [0.1, 0.15) is 11.6 Å². The number of likely N-dealkylation sites (tertiary alicyclic amines) is 1. The number of nitrogens with zero attached hydrogens (tertiary/aromatic N) is 2. The molecule has 1 heterocycles. The number of nitrogens with two attached hydrogens (primary N) is 1. The minimum atomic E-state index is -0.474. The Hall–Kier alpha value is -2.27. The predicted octanol–water partition coefficient (Wildman–Crippen LogP) is 3.54. The summed E-state index contributed by atoms with van der Waals surface area (Å²) in [6.07, 6.45) is 1.83. The van der Waals surface area contributed by atoms with Crippen LogP contribution in [0, 0.1) is 17.6 Å². The van der Waals surface area contributed by atoms with Crippen LogP contribution >= 0.6 is 24.0 Å². The third kappa shape index (κ3) is 8.54. The maximum atomic E-state index is 13.9. The van der Waals surface area contributed by atoms with Gasteiger partial charge in [0.15, 0.2) is 5.96 Å². The van der Waals surface area contributed by atoms with Gasteiger partial charge < -0.3 is 16.4 Å². The normalized spacial score (nSPS) is 16.7. The van der Waals surface area contributed by atoms with Crippen molar-refractivity contribution in [2.24, 2.45) is 16.6 Å². The second-order valence-electron chi connectivity index (χ2n) is 8.08. The summed E-state index contributed by atoms with van der Waals surface area (Å²) in [5, 5.41) is 6.17. The zero-order valence-electron chi connectivity index (χ0n) is 18.8. The lowest BCUT2D eigenvalue weighted by atomic mass is 9.97. The molecule has 2 aromatic carbocycles. The number of carbonyl (C=O) groups excluding carboxylic acids is 1. The van der Waals surface area contributed by atoms with Gasteiger partial charge in [-0.05, 0) is 55.6 Å². The number of guanidine groups is 1. The number of aliphatic imine (C=N–C) groups is 1. The number of primary amides is 1. The van der Waals surface area contributed by atoms with Crippen LogP contribution in [0.15, 0.2) is 47.5 Å². The molecule has 1 amide bonds. The fourth-order valence-electron chi connectivity index (χ4n) is 3.89. The molecule has 6 nitrogen and oxygen atoms in total. The van der Waals surface area contributed by atoms with Crippen LogP contribution in [0.3, 0.4) is 0 Å². The molecule has 4 N–H and O–H groups in total. The van der Waals surface area contributed by atoms with E-state index in [1.165, 1.54) is 6.07 Å². The van der Waals surface area contributed by atoms with E-state index in [-0.39, 0.29) is 47.9 Å². The number of halogens is 3. The van der Waals surface area contributed by atoms with Gasteiger partial charge in [0.25, 0.3) is 0 Å². The Labute approximate surface area is 211 Å². The van der Waals surface area contributed by atoms with Gasteiger partial charge in [-0.3, -0.25) is 9.69 Å². The highest BCUT2D eigenvalue weighted by Gasteiger charge is 2.23. The third-order valence-electron chi connectivity index (χ3n) is 5.52. The number of amides is 1. The van der Waals surface area contributed by atoms with Crippen LogP contribution in [0.5, 0.6) is 0 Å². The largest absolute Gasteiger partial charge is 0.369 e. The fraction of sp³-hybridized carbons (Fsp3) is 0.417. The molecule has 180 valence electrons. The summed E-state index contributed by atoms with van der Waals surface area (Å²) in [6.45, 7) is 5.58. The third-order valence-corrected chi connectivity index (χ3v) is 5.52. The first-order valence-electron chi connectivity index (χ1n) is 11.0. The molecular weight excluding hydrogens is 539 g/mol. The lowest BCUT2D eigenvalue weighted by molar-refractivity contribution is -0.123. The van der Waals surface area contributed by atoms with Crippen LogP contribution in [0.25, 0.3) is 0 Å². The quantitative estimate of drug-likeness (QED) is 0.257. The van der Waals surface area contributed by atoms with E-state index in [9.17, 15) is 13.6 Å². The molecule has 0 aromatic heterocycles. The Bertz CT molecular complexity index is 956. The highest BCUT2D eigenvalue weighted by atomic mass is 127. The van der Waals surface area contributed by atoms with Crippen molar-refractivity contribution in [2.75, 3.05) is 19.6 Å². The summed E-state index contributed by atoms with van der Waals surface area (Å²) in [4.78, 5) is 18.4. The Morgan fingerprint density at radius 3 is 2.73 bits per heavy atom. The predicted molar refractivity (Wildman–Crippen MR) is 137 cm³/mol. The monoisotopic (exact) mass is 571 g/mol. The Morgan fingerprint density at radius 1 is 1.18 bits per heavy atom. The van der Waals surface area contributed by atoms with Crippen molar-refractivity contribution in [3.05, 3.63) is 70.8 Å². The van der Waals surface area contributed by atoms with Gasteiger partial charge in [-0.25, -0.2) is 13.8 Å². The Balaban J connectivity index is 0.00000385. The lowest BCUT2D eigenvalue weighted by Crippen LogP contribution is -2.40. The summed E-state index contributed by atoms with van der Waals surface area (Å²) in [7, 11) is 0. The van der Waals surface area contributed by atoms with Gasteiger partial charge in [-0.1, -0.05) is 24.3 Å². The molecule has 1 unspecified atom stereocenters. The van der Waals surface area contributed by atoms with Crippen LogP contribution in [0.4, 0.5) is 8.78 Å². The molecule has 0 bridgehead atoms. The van der Waals surface area contributed by atoms with E-state index >= 15 is 0 Å². The first-order valence-corrected chi connectivity index (χ1v) is 11.0. The molecule has 1 fully saturated rings. The number of nitrogens with one attached hydrogen (secondary N) is 2.